The highest BCUT2D eigenvalue weighted by molar-refractivity contribution is 5.64. The molecule has 2 N–H and O–H groups in total. The van der Waals surface area contributed by atoms with Gasteiger partial charge >= 0.3 is 0 Å². The molecule has 0 unspecified atom stereocenters. The largest absolute Gasteiger partial charge is 0.495 e. The Labute approximate surface area is 110 Å². The summed E-state index contributed by atoms with van der Waals surface area (Å²) in [7, 11) is 3.87. The van der Waals surface area contributed by atoms with Crippen LogP contribution in [0.4, 0.5) is 5.69 Å². The molecule has 100 valence electrons. The molecular formula is C15H24N2O. The Bertz CT molecular complexity index is 438. The van der Waals surface area contributed by atoms with Crippen molar-refractivity contribution in [3.05, 3.63) is 23.3 Å². The van der Waals surface area contributed by atoms with Crippen LogP contribution in [-0.4, -0.2) is 27.2 Å². The van der Waals surface area contributed by atoms with Gasteiger partial charge in [-0.1, -0.05) is 6.07 Å². The fourth-order valence-corrected chi connectivity index (χ4v) is 2.75. The fraction of sp³-hybridized carbons (Fsp3) is 0.600. The minimum absolute atomic E-state index is 0.344. The van der Waals surface area contributed by atoms with Crippen molar-refractivity contribution in [1.29, 1.82) is 0 Å². The number of hydrogen-bond donors (Lipinski definition) is 1. The molecule has 0 aliphatic heterocycles. The van der Waals surface area contributed by atoms with Crippen LogP contribution in [0.25, 0.3) is 0 Å². The number of benzene rings is 1. The third kappa shape index (κ3) is 2.46. The van der Waals surface area contributed by atoms with Gasteiger partial charge in [-0.3, -0.25) is 0 Å². The summed E-state index contributed by atoms with van der Waals surface area (Å²) in [6.07, 6.45) is 2.50. The number of aryl methyl sites for hydroxylation is 2. The number of rotatable bonds is 5. The molecule has 1 aromatic carbocycles. The molecule has 1 aliphatic carbocycles. The van der Waals surface area contributed by atoms with Crippen molar-refractivity contribution in [3.63, 3.8) is 0 Å². The van der Waals surface area contributed by atoms with Gasteiger partial charge in [0, 0.05) is 19.0 Å². The van der Waals surface area contributed by atoms with Gasteiger partial charge in [-0.2, -0.15) is 0 Å². The Morgan fingerprint density at radius 1 is 1.33 bits per heavy atom. The van der Waals surface area contributed by atoms with E-state index in [1.807, 2.05) is 0 Å². The second-order valence-corrected chi connectivity index (χ2v) is 5.69. The lowest BCUT2D eigenvalue weighted by Crippen LogP contribution is -2.32. The van der Waals surface area contributed by atoms with E-state index in [0.717, 1.165) is 18.8 Å². The summed E-state index contributed by atoms with van der Waals surface area (Å²) in [5.41, 5.74) is 9.91. The van der Waals surface area contributed by atoms with Gasteiger partial charge in [0.2, 0.25) is 0 Å². The van der Waals surface area contributed by atoms with Crippen LogP contribution in [0.2, 0.25) is 0 Å². The number of anilines is 1. The summed E-state index contributed by atoms with van der Waals surface area (Å²) in [5, 5.41) is 0. The van der Waals surface area contributed by atoms with Crippen molar-refractivity contribution in [1.82, 2.24) is 0 Å². The maximum Gasteiger partial charge on any atom is 0.142 e. The highest BCUT2D eigenvalue weighted by atomic mass is 16.5. The van der Waals surface area contributed by atoms with E-state index in [1.54, 1.807) is 7.11 Å². The zero-order chi connectivity index (χ0) is 13.3. The molecule has 0 radical (unpaired) electrons. The number of methoxy groups -OCH3 is 1. The number of hydrogen-bond acceptors (Lipinski definition) is 3. The van der Waals surface area contributed by atoms with E-state index in [4.69, 9.17) is 10.5 Å². The van der Waals surface area contributed by atoms with E-state index in [0.29, 0.717) is 5.41 Å². The highest BCUT2D eigenvalue weighted by Gasteiger charge is 2.42. The molecule has 0 bridgehead atoms. The zero-order valence-electron chi connectivity index (χ0n) is 11.9. The standard InChI is InChI=1S/C15H24N2O/c1-11-7-12(2)14(13(8-11)18-4)17(3)10-15(9-16)5-6-15/h7-8H,5-6,9-10,16H2,1-4H3. The van der Waals surface area contributed by atoms with Crippen LogP contribution < -0.4 is 15.4 Å². The number of nitrogens with zero attached hydrogens (tertiary/aromatic N) is 1. The van der Waals surface area contributed by atoms with E-state index < -0.39 is 0 Å². The Balaban J connectivity index is 2.26. The molecule has 0 heterocycles. The van der Waals surface area contributed by atoms with Crippen LogP contribution in [0.15, 0.2) is 12.1 Å². The lowest BCUT2D eigenvalue weighted by molar-refractivity contribution is 0.412. The SMILES string of the molecule is COc1cc(C)cc(C)c1N(C)CC1(CN)CC1. The van der Waals surface area contributed by atoms with E-state index in [-0.39, 0.29) is 0 Å². The average Bonchev–Trinajstić information content (AvgIpc) is 3.08. The predicted molar refractivity (Wildman–Crippen MR) is 76.5 cm³/mol. The van der Waals surface area contributed by atoms with Gasteiger partial charge in [-0.25, -0.2) is 0 Å². The lowest BCUT2D eigenvalue weighted by atomic mass is 10.0. The van der Waals surface area contributed by atoms with E-state index in [2.05, 4.69) is 37.9 Å². The van der Waals surface area contributed by atoms with Crippen LogP contribution >= 0.6 is 0 Å². The summed E-state index contributed by atoms with van der Waals surface area (Å²) in [6.45, 7) is 6.04. The molecule has 0 spiro atoms. The second-order valence-electron chi connectivity index (χ2n) is 5.69. The van der Waals surface area contributed by atoms with Crippen molar-refractivity contribution in [3.8, 4) is 5.75 Å². The molecule has 2 rings (SSSR count). The van der Waals surface area contributed by atoms with Gasteiger partial charge in [-0.15, -0.1) is 0 Å². The third-order valence-corrected chi connectivity index (χ3v) is 3.97. The minimum atomic E-state index is 0.344. The molecular weight excluding hydrogens is 224 g/mol. The van der Waals surface area contributed by atoms with Gasteiger partial charge in [0.15, 0.2) is 0 Å². The van der Waals surface area contributed by atoms with Gasteiger partial charge < -0.3 is 15.4 Å². The first kappa shape index (κ1) is 13.2. The van der Waals surface area contributed by atoms with Crippen LogP contribution in [0.3, 0.4) is 0 Å². The second kappa shape index (κ2) is 4.81. The highest BCUT2D eigenvalue weighted by Crippen LogP contribution is 2.46. The smallest absolute Gasteiger partial charge is 0.142 e. The van der Waals surface area contributed by atoms with Crippen molar-refractivity contribution >= 4 is 5.69 Å². The minimum Gasteiger partial charge on any atom is -0.495 e. The molecule has 3 nitrogen and oxygen atoms in total. The van der Waals surface area contributed by atoms with Crippen LogP contribution in [0.5, 0.6) is 5.75 Å². The Hall–Kier alpha value is -1.22. The molecule has 0 aromatic heterocycles. The summed E-state index contributed by atoms with van der Waals surface area (Å²) in [6, 6.07) is 4.30. The van der Waals surface area contributed by atoms with Gasteiger partial charge in [0.05, 0.1) is 12.8 Å². The summed E-state index contributed by atoms with van der Waals surface area (Å²) in [4.78, 5) is 2.30. The topological polar surface area (TPSA) is 38.5 Å². The van der Waals surface area contributed by atoms with Gasteiger partial charge in [0.25, 0.3) is 0 Å². The van der Waals surface area contributed by atoms with Gasteiger partial charge in [-0.05, 0) is 50.4 Å². The Morgan fingerprint density at radius 3 is 2.50 bits per heavy atom. The molecule has 1 saturated carbocycles. The number of ether oxygens (including phenoxy) is 1. The molecule has 0 atom stereocenters. The maximum atomic E-state index is 5.87. The first-order valence-electron chi connectivity index (χ1n) is 6.58. The van der Waals surface area contributed by atoms with Crippen LogP contribution in [0.1, 0.15) is 24.0 Å². The predicted octanol–water partition coefficient (Wildman–Crippen LogP) is 2.49. The normalized spacial score (nSPS) is 16.5. The van der Waals surface area contributed by atoms with Crippen molar-refractivity contribution in [2.24, 2.45) is 11.1 Å². The van der Waals surface area contributed by atoms with Crippen LogP contribution in [-0.2, 0) is 0 Å². The summed E-state index contributed by atoms with van der Waals surface area (Å²) < 4.78 is 5.52. The third-order valence-electron chi connectivity index (χ3n) is 3.97. The fourth-order valence-electron chi connectivity index (χ4n) is 2.75. The molecule has 0 amide bonds. The van der Waals surface area contributed by atoms with E-state index >= 15 is 0 Å². The maximum absolute atomic E-state index is 5.87. The first-order valence-corrected chi connectivity index (χ1v) is 6.58. The van der Waals surface area contributed by atoms with E-state index in [9.17, 15) is 0 Å². The quantitative estimate of drug-likeness (QED) is 0.870. The molecule has 1 aromatic rings. The lowest BCUT2D eigenvalue weighted by Gasteiger charge is -2.28. The van der Waals surface area contributed by atoms with Crippen molar-refractivity contribution < 1.29 is 4.74 Å². The average molecular weight is 248 g/mol. The molecule has 3 heteroatoms. The summed E-state index contributed by atoms with van der Waals surface area (Å²) >= 11 is 0. The van der Waals surface area contributed by atoms with Crippen molar-refractivity contribution in [2.75, 3.05) is 32.1 Å². The monoisotopic (exact) mass is 248 g/mol. The van der Waals surface area contributed by atoms with Crippen molar-refractivity contribution in [2.45, 2.75) is 26.7 Å². The summed E-state index contributed by atoms with van der Waals surface area (Å²) in [5.74, 6) is 0.961. The van der Waals surface area contributed by atoms with Crippen LogP contribution in [0, 0.1) is 19.3 Å². The zero-order valence-corrected chi connectivity index (χ0v) is 11.9. The number of nitrogens with two attached hydrogens (primary N) is 1. The molecule has 1 fully saturated rings. The molecule has 0 saturated heterocycles. The molecule has 18 heavy (non-hydrogen) atoms. The Morgan fingerprint density at radius 2 is 2.00 bits per heavy atom. The molecule has 1 aliphatic rings. The Kier molecular flexibility index (Phi) is 3.53. The first-order chi connectivity index (χ1) is 8.51. The van der Waals surface area contributed by atoms with Gasteiger partial charge in [0.1, 0.15) is 5.75 Å². The van der Waals surface area contributed by atoms with E-state index in [1.165, 1.54) is 29.7 Å².